The monoisotopic (exact) mass is 269 g/mol. The van der Waals surface area contributed by atoms with E-state index in [1.54, 1.807) is 12.4 Å². The van der Waals surface area contributed by atoms with E-state index in [0.29, 0.717) is 6.54 Å². The molecule has 3 rings (SSSR count). The predicted octanol–water partition coefficient (Wildman–Crippen LogP) is 3.90. The van der Waals surface area contributed by atoms with Crippen LogP contribution in [0.5, 0.6) is 0 Å². The molecule has 0 saturated heterocycles. The molecule has 0 fully saturated rings. The summed E-state index contributed by atoms with van der Waals surface area (Å²) in [6.45, 7) is 0.686. The molecule has 19 heavy (non-hydrogen) atoms. The SMILES string of the molecule is Clc1ccccc1CNc1ccc2nccnc2c1. The molecule has 1 N–H and O–H groups in total. The van der Waals surface area contributed by atoms with Crippen LogP contribution in [0.15, 0.2) is 54.9 Å². The fourth-order valence-corrected chi connectivity index (χ4v) is 2.11. The molecular formula is C15H12ClN3. The van der Waals surface area contributed by atoms with E-state index in [4.69, 9.17) is 11.6 Å². The molecular weight excluding hydrogens is 258 g/mol. The summed E-state index contributed by atoms with van der Waals surface area (Å²) in [5.74, 6) is 0. The van der Waals surface area contributed by atoms with Crippen LogP contribution in [0.4, 0.5) is 5.69 Å². The molecule has 0 aliphatic carbocycles. The highest BCUT2D eigenvalue weighted by molar-refractivity contribution is 6.31. The molecule has 4 heteroatoms. The first-order valence-corrected chi connectivity index (χ1v) is 6.39. The summed E-state index contributed by atoms with van der Waals surface area (Å²) in [4.78, 5) is 8.53. The normalized spacial score (nSPS) is 10.6. The lowest BCUT2D eigenvalue weighted by Crippen LogP contribution is -2.00. The second-order valence-corrected chi connectivity index (χ2v) is 4.61. The minimum atomic E-state index is 0.686. The fraction of sp³-hybridized carbons (Fsp3) is 0.0667. The molecule has 0 aliphatic rings. The van der Waals surface area contributed by atoms with Gasteiger partial charge in [0.05, 0.1) is 11.0 Å². The lowest BCUT2D eigenvalue weighted by molar-refractivity contribution is 1.15. The molecule has 0 spiro atoms. The maximum absolute atomic E-state index is 6.12. The van der Waals surface area contributed by atoms with Crippen LogP contribution in [0, 0.1) is 0 Å². The highest BCUT2D eigenvalue weighted by Gasteiger charge is 2.00. The summed E-state index contributed by atoms with van der Waals surface area (Å²) in [6.07, 6.45) is 3.39. The number of halogens is 1. The van der Waals surface area contributed by atoms with E-state index in [1.807, 2.05) is 42.5 Å². The Balaban J connectivity index is 1.80. The molecule has 0 amide bonds. The third kappa shape index (κ3) is 2.66. The van der Waals surface area contributed by atoms with Crippen LogP contribution in [0.25, 0.3) is 11.0 Å². The van der Waals surface area contributed by atoms with E-state index < -0.39 is 0 Å². The highest BCUT2D eigenvalue weighted by atomic mass is 35.5. The number of nitrogens with zero attached hydrogens (tertiary/aromatic N) is 2. The topological polar surface area (TPSA) is 37.8 Å². The summed E-state index contributed by atoms with van der Waals surface area (Å²) >= 11 is 6.12. The molecule has 0 unspecified atom stereocenters. The van der Waals surface area contributed by atoms with Crippen molar-refractivity contribution in [3.8, 4) is 0 Å². The van der Waals surface area contributed by atoms with E-state index in [0.717, 1.165) is 27.3 Å². The number of hydrogen-bond acceptors (Lipinski definition) is 3. The molecule has 3 aromatic rings. The summed E-state index contributed by atoms with van der Waals surface area (Å²) in [7, 11) is 0. The van der Waals surface area contributed by atoms with Gasteiger partial charge in [-0.25, -0.2) is 0 Å². The first kappa shape index (κ1) is 11.9. The van der Waals surface area contributed by atoms with Crippen LogP contribution in [0.3, 0.4) is 0 Å². The molecule has 2 aromatic carbocycles. The Morgan fingerprint density at radius 1 is 0.947 bits per heavy atom. The van der Waals surface area contributed by atoms with Crippen molar-refractivity contribution < 1.29 is 0 Å². The zero-order chi connectivity index (χ0) is 13.1. The first-order chi connectivity index (χ1) is 9.33. The molecule has 1 heterocycles. The van der Waals surface area contributed by atoms with Crippen LogP contribution < -0.4 is 5.32 Å². The minimum absolute atomic E-state index is 0.686. The zero-order valence-electron chi connectivity index (χ0n) is 10.2. The molecule has 0 radical (unpaired) electrons. The summed E-state index contributed by atoms with van der Waals surface area (Å²) < 4.78 is 0. The second kappa shape index (κ2) is 5.24. The van der Waals surface area contributed by atoms with Crippen LogP contribution >= 0.6 is 11.6 Å². The fourth-order valence-electron chi connectivity index (χ4n) is 1.91. The van der Waals surface area contributed by atoms with Gasteiger partial charge in [0.25, 0.3) is 0 Å². The van der Waals surface area contributed by atoms with E-state index in [-0.39, 0.29) is 0 Å². The average Bonchev–Trinajstić information content (AvgIpc) is 2.46. The van der Waals surface area contributed by atoms with Crippen LogP contribution in [0.1, 0.15) is 5.56 Å². The van der Waals surface area contributed by atoms with Gasteiger partial charge in [0.15, 0.2) is 0 Å². The van der Waals surface area contributed by atoms with Gasteiger partial charge in [0.2, 0.25) is 0 Å². The van der Waals surface area contributed by atoms with E-state index in [2.05, 4.69) is 15.3 Å². The third-order valence-electron chi connectivity index (χ3n) is 2.91. The second-order valence-electron chi connectivity index (χ2n) is 4.20. The molecule has 0 atom stereocenters. The van der Waals surface area contributed by atoms with Gasteiger partial charge in [-0.05, 0) is 29.8 Å². The van der Waals surface area contributed by atoms with Crippen molar-refractivity contribution in [2.45, 2.75) is 6.54 Å². The van der Waals surface area contributed by atoms with Gasteiger partial charge >= 0.3 is 0 Å². The number of aromatic nitrogens is 2. The molecule has 0 bridgehead atoms. The van der Waals surface area contributed by atoms with Crippen molar-refractivity contribution in [3.05, 3.63) is 65.4 Å². The van der Waals surface area contributed by atoms with E-state index >= 15 is 0 Å². The van der Waals surface area contributed by atoms with Crippen molar-refractivity contribution in [3.63, 3.8) is 0 Å². The smallest absolute Gasteiger partial charge is 0.0907 e. The van der Waals surface area contributed by atoms with Gasteiger partial charge in [-0.1, -0.05) is 29.8 Å². The maximum Gasteiger partial charge on any atom is 0.0907 e. The van der Waals surface area contributed by atoms with Gasteiger partial charge in [0.1, 0.15) is 0 Å². The van der Waals surface area contributed by atoms with Crippen LogP contribution in [0.2, 0.25) is 5.02 Å². The van der Waals surface area contributed by atoms with Crippen LogP contribution in [-0.2, 0) is 6.54 Å². The Bertz CT molecular complexity index is 712. The molecule has 94 valence electrons. The minimum Gasteiger partial charge on any atom is -0.381 e. The molecule has 3 nitrogen and oxygen atoms in total. The maximum atomic E-state index is 6.12. The molecule has 0 saturated carbocycles. The Hall–Kier alpha value is -2.13. The Kier molecular flexibility index (Phi) is 3.29. The highest BCUT2D eigenvalue weighted by Crippen LogP contribution is 2.19. The van der Waals surface area contributed by atoms with Gasteiger partial charge < -0.3 is 5.32 Å². The van der Waals surface area contributed by atoms with Crippen molar-refractivity contribution >= 4 is 28.3 Å². The number of nitrogens with one attached hydrogen (secondary N) is 1. The summed E-state index contributed by atoms with van der Waals surface area (Å²) in [5.41, 5.74) is 3.86. The number of rotatable bonds is 3. The zero-order valence-corrected chi connectivity index (χ0v) is 10.9. The summed E-state index contributed by atoms with van der Waals surface area (Å²) in [6, 6.07) is 13.7. The van der Waals surface area contributed by atoms with Crippen molar-refractivity contribution in [1.29, 1.82) is 0 Å². The number of hydrogen-bond donors (Lipinski definition) is 1. The van der Waals surface area contributed by atoms with Gasteiger partial charge in [-0.3, -0.25) is 9.97 Å². The largest absolute Gasteiger partial charge is 0.381 e. The van der Waals surface area contributed by atoms with E-state index in [1.165, 1.54) is 0 Å². The lowest BCUT2D eigenvalue weighted by atomic mass is 10.2. The third-order valence-corrected chi connectivity index (χ3v) is 3.28. The van der Waals surface area contributed by atoms with Crippen molar-refractivity contribution in [2.75, 3.05) is 5.32 Å². The Morgan fingerprint density at radius 2 is 1.74 bits per heavy atom. The standard InChI is InChI=1S/C15H12ClN3/c16-13-4-2-1-3-11(13)10-19-12-5-6-14-15(9-12)18-8-7-17-14/h1-9,19H,10H2. The Morgan fingerprint density at radius 3 is 2.58 bits per heavy atom. The van der Waals surface area contributed by atoms with Gasteiger partial charge in [-0.2, -0.15) is 0 Å². The summed E-state index contributed by atoms with van der Waals surface area (Å²) in [5, 5.41) is 4.12. The predicted molar refractivity (Wildman–Crippen MR) is 78.3 cm³/mol. The first-order valence-electron chi connectivity index (χ1n) is 6.01. The number of anilines is 1. The van der Waals surface area contributed by atoms with Gasteiger partial charge in [0, 0.05) is 29.6 Å². The number of fused-ring (bicyclic) bond motifs is 1. The molecule has 0 aliphatic heterocycles. The van der Waals surface area contributed by atoms with Gasteiger partial charge in [-0.15, -0.1) is 0 Å². The van der Waals surface area contributed by atoms with Crippen molar-refractivity contribution in [1.82, 2.24) is 9.97 Å². The molecule has 1 aromatic heterocycles. The lowest BCUT2D eigenvalue weighted by Gasteiger charge is -2.08. The number of benzene rings is 2. The Labute approximate surface area is 116 Å². The van der Waals surface area contributed by atoms with Crippen molar-refractivity contribution in [2.24, 2.45) is 0 Å². The van der Waals surface area contributed by atoms with E-state index in [9.17, 15) is 0 Å². The van der Waals surface area contributed by atoms with Crippen LogP contribution in [-0.4, -0.2) is 9.97 Å². The quantitative estimate of drug-likeness (QED) is 0.784. The average molecular weight is 270 g/mol.